The van der Waals surface area contributed by atoms with Crippen LogP contribution in [0.5, 0.6) is 0 Å². The van der Waals surface area contributed by atoms with Gasteiger partial charge in [0.15, 0.2) is 0 Å². The van der Waals surface area contributed by atoms with Crippen molar-refractivity contribution in [2.75, 3.05) is 0 Å². The van der Waals surface area contributed by atoms with Gasteiger partial charge in [0, 0.05) is 0 Å². The molecule has 0 atom stereocenters. The number of halogens is 1. The molecule has 0 amide bonds. The molecule has 1 rings (SSSR count). The third kappa shape index (κ3) is 2.21. The SMILES string of the molecule is [B]CCn1nc([N+](=O)[O-])cc1CCl. The van der Waals surface area contributed by atoms with E-state index in [1.54, 1.807) is 0 Å². The van der Waals surface area contributed by atoms with Crippen molar-refractivity contribution < 1.29 is 4.92 Å². The summed E-state index contributed by atoms with van der Waals surface area (Å²) in [5.41, 5.74) is 0.610. The van der Waals surface area contributed by atoms with Gasteiger partial charge in [0.1, 0.15) is 0 Å². The summed E-state index contributed by atoms with van der Waals surface area (Å²) in [7, 11) is 5.30. The Kier molecular flexibility index (Phi) is 3.30. The summed E-state index contributed by atoms with van der Waals surface area (Å²) in [6.45, 7) is 0.440. The Morgan fingerprint density at radius 2 is 2.46 bits per heavy atom. The van der Waals surface area contributed by atoms with E-state index in [1.807, 2.05) is 0 Å². The highest BCUT2D eigenvalue weighted by atomic mass is 35.5. The zero-order valence-corrected chi connectivity index (χ0v) is 7.57. The maximum absolute atomic E-state index is 10.3. The van der Waals surface area contributed by atoms with Gasteiger partial charge in [0.2, 0.25) is 0 Å². The van der Waals surface area contributed by atoms with E-state index in [1.165, 1.54) is 10.7 Å². The van der Waals surface area contributed by atoms with Crippen molar-refractivity contribution in [1.82, 2.24) is 9.78 Å². The van der Waals surface area contributed by atoms with Gasteiger partial charge in [-0.15, -0.1) is 11.6 Å². The van der Waals surface area contributed by atoms with Crippen molar-refractivity contribution in [1.29, 1.82) is 0 Å². The molecule has 2 radical (unpaired) electrons. The first-order chi connectivity index (χ1) is 6.19. The largest absolute Gasteiger partial charge is 0.390 e. The molecule has 0 bridgehead atoms. The van der Waals surface area contributed by atoms with Crippen LogP contribution in [-0.4, -0.2) is 22.6 Å². The number of nitro groups is 1. The van der Waals surface area contributed by atoms with Gasteiger partial charge >= 0.3 is 5.82 Å². The van der Waals surface area contributed by atoms with Crippen molar-refractivity contribution in [3.05, 3.63) is 21.9 Å². The summed E-state index contributed by atoms with van der Waals surface area (Å²) < 4.78 is 1.45. The molecule has 0 aliphatic carbocycles. The highest BCUT2D eigenvalue weighted by molar-refractivity contribution is 6.16. The summed E-state index contributed by atoms with van der Waals surface area (Å²) in [6.07, 6.45) is 0.378. The summed E-state index contributed by atoms with van der Waals surface area (Å²) in [5, 5.41) is 14.1. The first kappa shape index (κ1) is 10.0. The van der Waals surface area contributed by atoms with Gasteiger partial charge in [-0.2, -0.15) is 4.68 Å². The predicted octanol–water partition coefficient (Wildman–Crippen LogP) is 1.12. The summed E-state index contributed by atoms with van der Waals surface area (Å²) in [4.78, 5) is 9.79. The summed E-state index contributed by atoms with van der Waals surface area (Å²) in [6, 6.07) is 1.35. The zero-order chi connectivity index (χ0) is 9.84. The van der Waals surface area contributed by atoms with Gasteiger partial charge in [-0.05, 0) is 4.92 Å². The van der Waals surface area contributed by atoms with Gasteiger partial charge in [-0.25, -0.2) is 0 Å². The van der Waals surface area contributed by atoms with Crippen molar-refractivity contribution in [3.63, 3.8) is 0 Å². The molecule has 68 valence electrons. The lowest BCUT2D eigenvalue weighted by molar-refractivity contribution is -0.389. The Morgan fingerprint density at radius 1 is 1.77 bits per heavy atom. The fourth-order valence-corrected chi connectivity index (χ4v) is 1.17. The Hall–Kier alpha value is -1.04. The van der Waals surface area contributed by atoms with Gasteiger partial charge in [0.25, 0.3) is 0 Å². The zero-order valence-electron chi connectivity index (χ0n) is 6.81. The Morgan fingerprint density at radius 3 is 2.92 bits per heavy atom. The van der Waals surface area contributed by atoms with Gasteiger partial charge in [-0.1, -0.05) is 6.32 Å². The Bertz CT molecular complexity index is 315. The maximum atomic E-state index is 10.3. The molecule has 0 saturated carbocycles. The van der Waals surface area contributed by atoms with E-state index in [4.69, 9.17) is 19.4 Å². The molecule has 0 unspecified atom stereocenters. The highest BCUT2D eigenvalue weighted by Gasteiger charge is 2.16. The minimum absolute atomic E-state index is 0.191. The number of alkyl halides is 1. The molecule has 0 spiro atoms. The maximum Gasteiger partial charge on any atom is 0.390 e. The van der Waals surface area contributed by atoms with Crippen LogP contribution >= 0.6 is 11.6 Å². The minimum Gasteiger partial charge on any atom is -0.358 e. The van der Waals surface area contributed by atoms with E-state index < -0.39 is 4.92 Å². The van der Waals surface area contributed by atoms with Crippen molar-refractivity contribution in [3.8, 4) is 0 Å². The molecule has 0 N–H and O–H groups in total. The number of aromatic nitrogens is 2. The molecule has 1 aromatic rings. The van der Waals surface area contributed by atoms with Gasteiger partial charge in [0.05, 0.1) is 37.1 Å². The lowest BCUT2D eigenvalue weighted by atomic mass is 10.1. The molecule has 1 aromatic heterocycles. The molecule has 0 saturated heterocycles. The summed E-state index contributed by atoms with van der Waals surface area (Å²) in [5.74, 6) is 0.00463. The third-order valence-electron chi connectivity index (χ3n) is 1.52. The fourth-order valence-electron chi connectivity index (χ4n) is 0.953. The Balaban J connectivity index is 2.96. The molecule has 1 heterocycles. The molecule has 5 nitrogen and oxygen atoms in total. The van der Waals surface area contributed by atoms with Gasteiger partial charge in [-0.3, -0.25) is 0 Å². The molecule has 0 aliphatic heterocycles. The van der Waals surface area contributed by atoms with E-state index in [9.17, 15) is 10.1 Å². The predicted molar refractivity (Wildman–Crippen MR) is 49.0 cm³/mol. The van der Waals surface area contributed by atoms with Crippen LogP contribution in [0.1, 0.15) is 5.69 Å². The molecule has 0 aliphatic rings. The van der Waals surface area contributed by atoms with Crippen LogP contribution in [0, 0.1) is 10.1 Å². The van der Waals surface area contributed by atoms with E-state index in [-0.39, 0.29) is 11.7 Å². The second-order valence-corrected chi connectivity index (χ2v) is 2.66. The van der Waals surface area contributed by atoms with Crippen LogP contribution in [-0.2, 0) is 12.4 Å². The third-order valence-corrected chi connectivity index (χ3v) is 1.79. The average molecular weight is 199 g/mol. The number of rotatable bonds is 4. The van der Waals surface area contributed by atoms with Crippen LogP contribution < -0.4 is 0 Å². The van der Waals surface area contributed by atoms with Crippen molar-refractivity contribution in [2.45, 2.75) is 18.7 Å². The summed E-state index contributed by atoms with van der Waals surface area (Å²) >= 11 is 5.56. The van der Waals surface area contributed by atoms with Gasteiger partial charge < -0.3 is 10.1 Å². The van der Waals surface area contributed by atoms with Crippen molar-refractivity contribution >= 4 is 25.3 Å². The smallest absolute Gasteiger partial charge is 0.358 e. The lowest BCUT2D eigenvalue weighted by Gasteiger charge is -1.95. The van der Waals surface area contributed by atoms with Crippen LogP contribution in [0.15, 0.2) is 6.07 Å². The molecule has 13 heavy (non-hydrogen) atoms. The number of hydrogen-bond donors (Lipinski definition) is 0. The Labute approximate surface area is 81.2 Å². The van der Waals surface area contributed by atoms with Crippen LogP contribution in [0.4, 0.5) is 5.82 Å². The van der Waals surface area contributed by atoms with E-state index in [2.05, 4.69) is 5.10 Å². The first-order valence-corrected chi connectivity index (χ1v) is 4.19. The normalized spacial score (nSPS) is 10.2. The second kappa shape index (κ2) is 4.27. The lowest BCUT2D eigenvalue weighted by Crippen LogP contribution is -2.03. The average Bonchev–Trinajstić information content (AvgIpc) is 2.48. The number of hydrogen-bond acceptors (Lipinski definition) is 3. The van der Waals surface area contributed by atoms with E-state index in [0.717, 1.165) is 0 Å². The topological polar surface area (TPSA) is 61.0 Å². The van der Waals surface area contributed by atoms with E-state index >= 15 is 0 Å². The quantitative estimate of drug-likeness (QED) is 0.316. The van der Waals surface area contributed by atoms with Crippen LogP contribution in [0.25, 0.3) is 0 Å². The highest BCUT2D eigenvalue weighted by Crippen LogP contribution is 2.13. The monoisotopic (exact) mass is 199 g/mol. The molecule has 7 heteroatoms. The van der Waals surface area contributed by atoms with Crippen LogP contribution in [0.2, 0.25) is 6.32 Å². The van der Waals surface area contributed by atoms with E-state index in [0.29, 0.717) is 18.6 Å². The standard InChI is InChI=1S/C6H7BClN3O2/c7-1-2-10-5(4-8)3-6(9-10)11(12)13/h3H,1-2,4H2. The number of aryl methyl sites for hydroxylation is 1. The molecular formula is C6H7BClN3O2. The molecular weight excluding hydrogens is 192 g/mol. The number of nitrogens with zero attached hydrogens (tertiary/aromatic N) is 3. The van der Waals surface area contributed by atoms with Crippen LogP contribution in [0.3, 0.4) is 0 Å². The second-order valence-electron chi connectivity index (χ2n) is 2.40. The van der Waals surface area contributed by atoms with Crippen molar-refractivity contribution in [2.24, 2.45) is 0 Å². The minimum atomic E-state index is -0.553. The molecule has 0 fully saturated rings. The first-order valence-electron chi connectivity index (χ1n) is 3.66. The fraction of sp³-hybridized carbons (Fsp3) is 0.500. The molecule has 0 aromatic carbocycles.